The van der Waals surface area contributed by atoms with Gasteiger partial charge in [-0.15, -0.1) is 0 Å². The topological polar surface area (TPSA) is 12.0 Å². The summed E-state index contributed by atoms with van der Waals surface area (Å²) in [7, 11) is 0. The maximum absolute atomic E-state index is 6.00. The molecular weight excluding hydrogens is 265 g/mol. The summed E-state index contributed by atoms with van der Waals surface area (Å²) in [6.45, 7) is 3.14. The van der Waals surface area contributed by atoms with Gasteiger partial charge in [0.15, 0.2) is 0 Å². The first-order valence-corrected chi connectivity index (χ1v) is 7.59. The van der Waals surface area contributed by atoms with Gasteiger partial charge in [0.1, 0.15) is 0 Å². The van der Waals surface area contributed by atoms with Gasteiger partial charge in [0, 0.05) is 22.6 Å². The highest BCUT2D eigenvalue weighted by atomic mass is 35.5. The number of halogens is 2. The average molecular weight is 286 g/mol. The molecule has 0 bridgehead atoms. The maximum Gasteiger partial charge on any atom is 0.0424 e. The van der Waals surface area contributed by atoms with E-state index in [0.717, 1.165) is 18.0 Å². The van der Waals surface area contributed by atoms with E-state index in [9.17, 15) is 0 Å². The normalized spacial score (nSPS) is 18.8. The van der Waals surface area contributed by atoms with Crippen LogP contribution in [0.5, 0.6) is 0 Å². The van der Waals surface area contributed by atoms with E-state index in [-0.39, 0.29) is 0 Å². The molecule has 0 spiro atoms. The molecular formula is C15H21Cl2N. The molecule has 1 saturated carbocycles. The predicted octanol–water partition coefficient (Wildman–Crippen LogP) is 5.05. The second kappa shape index (κ2) is 6.79. The standard InChI is InChI=1S/C15H21Cl2N/c1-11(13-5-3-2-4-6-13)18-10-12-7-14(16)9-15(17)8-12/h7-9,11,13,18H,2-6,10H2,1H3/t11-/m0/s1. The largest absolute Gasteiger partial charge is 0.310 e. The van der Waals surface area contributed by atoms with E-state index in [2.05, 4.69) is 12.2 Å². The molecule has 1 atom stereocenters. The molecule has 18 heavy (non-hydrogen) atoms. The summed E-state index contributed by atoms with van der Waals surface area (Å²) in [5.74, 6) is 0.827. The maximum atomic E-state index is 6.00. The van der Waals surface area contributed by atoms with Crippen LogP contribution in [0.15, 0.2) is 18.2 Å². The Bertz CT molecular complexity index is 366. The molecule has 1 aromatic carbocycles. The summed E-state index contributed by atoms with van der Waals surface area (Å²) in [4.78, 5) is 0. The monoisotopic (exact) mass is 285 g/mol. The van der Waals surface area contributed by atoms with Crippen molar-refractivity contribution in [3.63, 3.8) is 0 Å². The van der Waals surface area contributed by atoms with Gasteiger partial charge in [-0.2, -0.15) is 0 Å². The number of benzene rings is 1. The predicted molar refractivity (Wildman–Crippen MR) is 79.3 cm³/mol. The zero-order chi connectivity index (χ0) is 13.0. The fourth-order valence-electron chi connectivity index (χ4n) is 2.79. The van der Waals surface area contributed by atoms with Crippen LogP contribution in [0.1, 0.15) is 44.6 Å². The molecule has 1 fully saturated rings. The Morgan fingerprint density at radius 1 is 1.11 bits per heavy atom. The fraction of sp³-hybridized carbons (Fsp3) is 0.600. The summed E-state index contributed by atoms with van der Waals surface area (Å²) in [6, 6.07) is 6.31. The zero-order valence-corrected chi connectivity index (χ0v) is 12.4. The van der Waals surface area contributed by atoms with E-state index in [1.807, 2.05) is 12.1 Å². The van der Waals surface area contributed by atoms with Gasteiger partial charge in [0.2, 0.25) is 0 Å². The smallest absolute Gasteiger partial charge is 0.0424 e. The van der Waals surface area contributed by atoms with Crippen molar-refractivity contribution in [2.24, 2.45) is 5.92 Å². The molecule has 2 rings (SSSR count). The van der Waals surface area contributed by atoms with E-state index >= 15 is 0 Å². The number of hydrogen-bond donors (Lipinski definition) is 1. The lowest BCUT2D eigenvalue weighted by Gasteiger charge is -2.28. The summed E-state index contributed by atoms with van der Waals surface area (Å²) in [5, 5.41) is 5.03. The Hall–Kier alpha value is -0.240. The van der Waals surface area contributed by atoms with E-state index in [1.54, 1.807) is 6.07 Å². The molecule has 1 aromatic rings. The van der Waals surface area contributed by atoms with Crippen LogP contribution in [-0.2, 0) is 6.54 Å². The first-order chi connectivity index (χ1) is 8.65. The fourth-order valence-corrected chi connectivity index (χ4v) is 3.36. The minimum atomic E-state index is 0.572. The molecule has 3 heteroatoms. The lowest BCUT2D eigenvalue weighted by atomic mass is 9.84. The van der Waals surface area contributed by atoms with Crippen molar-refractivity contribution in [3.05, 3.63) is 33.8 Å². The number of nitrogens with one attached hydrogen (secondary N) is 1. The van der Waals surface area contributed by atoms with Gasteiger partial charge in [-0.05, 0) is 49.4 Å². The molecule has 0 aromatic heterocycles. The third-order valence-electron chi connectivity index (χ3n) is 3.91. The van der Waals surface area contributed by atoms with Gasteiger partial charge in [-0.1, -0.05) is 42.5 Å². The first-order valence-electron chi connectivity index (χ1n) is 6.83. The van der Waals surface area contributed by atoms with Crippen molar-refractivity contribution in [1.82, 2.24) is 5.32 Å². The van der Waals surface area contributed by atoms with E-state index in [0.29, 0.717) is 16.1 Å². The molecule has 0 heterocycles. The van der Waals surface area contributed by atoms with Crippen molar-refractivity contribution in [2.75, 3.05) is 0 Å². The molecule has 0 aliphatic heterocycles. The second-order valence-corrected chi connectivity index (χ2v) is 6.22. The third kappa shape index (κ3) is 4.15. The van der Waals surface area contributed by atoms with Crippen LogP contribution in [0.2, 0.25) is 10.0 Å². The number of hydrogen-bond acceptors (Lipinski definition) is 1. The van der Waals surface area contributed by atoms with Crippen molar-refractivity contribution in [1.29, 1.82) is 0 Å². The average Bonchev–Trinajstić information content (AvgIpc) is 2.36. The van der Waals surface area contributed by atoms with Crippen LogP contribution in [0.3, 0.4) is 0 Å². The highest BCUT2D eigenvalue weighted by molar-refractivity contribution is 6.34. The lowest BCUT2D eigenvalue weighted by molar-refractivity contribution is 0.280. The molecule has 0 radical (unpaired) electrons. The molecule has 1 aliphatic carbocycles. The second-order valence-electron chi connectivity index (χ2n) is 5.35. The Morgan fingerprint density at radius 3 is 2.33 bits per heavy atom. The third-order valence-corrected chi connectivity index (χ3v) is 4.34. The van der Waals surface area contributed by atoms with Crippen molar-refractivity contribution in [3.8, 4) is 0 Å². The Morgan fingerprint density at radius 2 is 1.72 bits per heavy atom. The summed E-state index contributed by atoms with van der Waals surface area (Å²) in [5.41, 5.74) is 1.16. The zero-order valence-electron chi connectivity index (χ0n) is 10.9. The Balaban J connectivity index is 1.86. The van der Waals surface area contributed by atoms with Gasteiger partial charge in [0.05, 0.1) is 0 Å². The molecule has 0 unspecified atom stereocenters. The molecule has 1 aliphatic rings. The van der Waals surface area contributed by atoms with Crippen LogP contribution in [-0.4, -0.2) is 6.04 Å². The van der Waals surface area contributed by atoms with Gasteiger partial charge < -0.3 is 5.32 Å². The molecule has 1 N–H and O–H groups in total. The Labute approximate surface area is 120 Å². The first kappa shape index (κ1) is 14.2. The minimum Gasteiger partial charge on any atom is -0.310 e. The van der Waals surface area contributed by atoms with Gasteiger partial charge >= 0.3 is 0 Å². The van der Waals surface area contributed by atoms with Crippen LogP contribution in [0.4, 0.5) is 0 Å². The van der Waals surface area contributed by atoms with E-state index < -0.39 is 0 Å². The van der Waals surface area contributed by atoms with Crippen molar-refractivity contribution in [2.45, 2.75) is 51.6 Å². The summed E-state index contributed by atoms with van der Waals surface area (Å²) in [6.07, 6.45) is 6.92. The van der Waals surface area contributed by atoms with Gasteiger partial charge in [-0.3, -0.25) is 0 Å². The molecule has 1 nitrogen and oxygen atoms in total. The van der Waals surface area contributed by atoms with E-state index in [1.165, 1.54) is 32.1 Å². The highest BCUT2D eigenvalue weighted by Gasteiger charge is 2.19. The van der Waals surface area contributed by atoms with Crippen LogP contribution < -0.4 is 5.32 Å². The van der Waals surface area contributed by atoms with Crippen molar-refractivity contribution >= 4 is 23.2 Å². The molecule has 0 amide bonds. The lowest BCUT2D eigenvalue weighted by Crippen LogP contribution is -2.34. The molecule has 100 valence electrons. The van der Waals surface area contributed by atoms with Crippen molar-refractivity contribution < 1.29 is 0 Å². The van der Waals surface area contributed by atoms with Gasteiger partial charge in [0.25, 0.3) is 0 Å². The summed E-state index contributed by atoms with van der Waals surface area (Å²) >= 11 is 12.0. The SMILES string of the molecule is C[C@H](NCc1cc(Cl)cc(Cl)c1)C1CCCCC1. The highest BCUT2D eigenvalue weighted by Crippen LogP contribution is 2.26. The van der Waals surface area contributed by atoms with Crippen LogP contribution in [0, 0.1) is 5.92 Å². The number of rotatable bonds is 4. The van der Waals surface area contributed by atoms with E-state index in [4.69, 9.17) is 23.2 Å². The molecule has 0 saturated heterocycles. The minimum absolute atomic E-state index is 0.572. The Kier molecular flexibility index (Phi) is 5.35. The van der Waals surface area contributed by atoms with Crippen LogP contribution in [0.25, 0.3) is 0 Å². The van der Waals surface area contributed by atoms with Gasteiger partial charge in [-0.25, -0.2) is 0 Å². The quantitative estimate of drug-likeness (QED) is 0.816. The van der Waals surface area contributed by atoms with Crippen LogP contribution >= 0.6 is 23.2 Å². The summed E-state index contributed by atoms with van der Waals surface area (Å²) < 4.78 is 0.